The number of benzene rings is 1. The van der Waals surface area contributed by atoms with Gasteiger partial charge in [-0.2, -0.15) is 0 Å². The Morgan fingerprint density at radius 2 is 2.16 bits per heavy atom. The average molecular weight is 257 g/mol. The summed E-state index contributed by atoms with van der Waals surface area (Å²) in [4.78, 5) is 14.8. The van der Waals surface area contributed by atoms with Gasteiger partial charge < -0.3 is 16.2 Å². The van der Waals surface area contributed by atoms with Crippen LogP contribution in [0.25, 0.3) is 0 Å². The van der Waals surface area contributed by atoms with Crippen LogP contribution in [-0.4, -0.2) is 16.1 Å². The molecule has 0 atom stereocenters. The van der Waals surface area contributed by atoms with Gasteiger partial charge in [0.25, 0.3) is 0 Å². The van der Waals surface area contributed by atoms with E-state index in [9.17, 15) is 4.79 Å². The zero-order chi connectivity index (χ0) is 13.8. The molecule has 1 aromatic heterocycles. The molecule has 0 spiro atoms. The average Bonchev–Trinajstić information content (AvgIpc) is 2.39. The zero-order valence-corrected chi connectivity index (χ0v) is 10.6. The minimum atomic E-state index is -1.04. The van der Waals surface area contributed by atoms with Crippen LogP contribution in [0.3, 0.4) is 0 Å². The smallest absolute Gasteiger partial charge is 0.337 e. The number of hydrogen-bond acceptors (Lipinski definition) is 4. The highest BCUT2D eigenvalue weighted by Crippen LogP contribution is 2.18. The van der Waals surface area contributed by atoms with Gasteiger partial charge in [0.1, 0.15) is 5.82 Å². The summed E-state index contributed by atoms with van der Waals surface area (Å²) < 4.78 is 0. The highest BCUT2D eigenvalue weighted by molar-refractivity contribution is 5.89. The fourth-order valence-electron chi connectivity index (χ4n) is 1.73. The molecule has 0 bridgehead atoms. The molecule has 0 amide bonds. The van der Waals surface area contributed by atoms with E-state index in [1.807, 2.05) is 31.2 Å². The number of nitrogens with two attached hydrogens (primary N) is 1. The Balaban J connectivity index is 2.12. The lowest BCUT2D eigenvalue weighted by atomic mass is 10.1. The SMILES string of the molecule is Cc1ccccc1CNc1ncc(C(=O)O)cc1N. The van der Waals surface area contributed by atoms with Crippen molar-refractivity contribution in [3.8, 4) is 0 Å². The molecule has 1 heterocycles. The molecule has 2 rings (SSSR count). The van der Waals surface area contributed by atoms with E-state index in [2.05, 4.69) is 10.3 Å². The second-order valence-electron chi connectivity index (χ2n) is 4.25. The molecule has 0 aliphatic heterocycles. The number of aromatic carboxylic acids is 1. The number of carboxylic acids is 1. The fourth-order valence-corrected chi connectivity index (χ4v) is 1.73. The van der Waals surface area contributed by atoms with Crippen molar-refractivity contribution in [2.75, 3.05) is 11.1 Å². The molecule has 1 aromatic carbocycles. The van der Waals surface area contributed by atoms with Crippen LogP contribution >= 0.6 is 0 Å². The van der Waals surface area contributed by atoms with Crippen LogP contribution in [0.2, 0.25) is 0 Å². The molecule has 0 saturated heterocycles. The molecule has 98 valence electrons. The Morgan fingerprint density at radius 3 is 2.79 bits per heavy atom. The monoisotopic (exact) mass is 257 g/mol. The molecule has 0 saturated carbocycles. The van der Waals surface area contributed by atoms with Crippen molar-refractivity contribution in [3.63, 3.8) is 0 Å². The summed E-state index contributed by atoms with van der Waals surface area (Å²) in [7, 11) is 0. The number of nitrogens with zero attached hydrogens (tertiary/aromatic N) is 1. The Bertz CT molecular complexity index is 611. The second kappa shape index (κ2) is 5.39. The van der Waals surface area contributed by atoms with Crippen LogP contribution in [0.15, 0.2) is 36.5 Å². The number of nitrogens with one attached hydrogen (secondary N) is 1. The van der Waals surface area contributed by atoms with E-state index >= 15 is 0 Å². The summed E-state index contributed by atoms with van der Waals surface area (Å²) >= 11 is 0. The first-order valence-electron chi connectivity index (χ1n) is 5.85. The minimum absolute atomic E-state index is 0.0824. The molecule has 0 fully saturated rings. The van der Waals surface area contributed by atoms with Gasteiger partial charge in [0, 0.05) is 12.7 Å². The molecule has 19 heavy (non-hydrogen) atoms. The predicted octanol–water partition coefficient (Wildman–Crippen LogP) is 2.28. The van der Waals surface area contributed by atoms with E-state index in [0.29, 0.717) is 18.1 Å². The normalized spacial score (nSPS) is 10.2. The van der Waals surface area contributed by atoms with Gasteiger partial charge in [0.2, 0.25) is 0 Å². The topological polar surface area (TPSA) is 88.2 Å². The van der Waals surface area contributed by atoms with E-state index in [1.165, 1.54) is 17.8 Å². The van der Waals surface area contributed by atoms with Crippen molar-refractivity contribution in [2.45, 2.75) is 13.5 Å². The third-order valence-corrected chi connectivity index (χ3v) is 2.87. The van der Waals surface area contributed by atoms with E-state index in [4.69, 9.17) is 10.8 Å². The lowest BCUT2D eigenvalue weighted by molar-refractivity contribution is 0.0696. The molecule has 0 radical (unpaired) electrons. The van der Waals surface area contributed by atoms with Crippen LogP contribution in [-0.2, 0) is 6.54 Å². The highest BCUT2D eigenvalue weighted by Gasteiger charge is 2.07. The third kappa shape index (κ3) is 3.01. The summed E-state index contributed by atoms with van der Waals surface area (Å²) in [6, 6.07) is 9.39. The van der Waals surface area contributed by atoms with E-state index in [0.717, 1.165) is 5.56 Å². The standard InChI is InChI=1S/C14H15N3O2/c1-9-4-2-3-5-10(9)7-16-13-12(15)6-11(8-17-13)14(18)19/h2-6,8H,7,15H2,1H3,(H,16,17)(H,18,19). The maximum atomic E-state index is 10.8. The number of nitrogen functional groups attached to an aromatic ring is 1. The highest BCUT2D eigenvalue weighted by atomic mass is 16.4. The molecule has 4 N–H and O–H groups in total. The van der Waals surface area contributed by atoms with Crippen molar-refractivity contribution in [3.05, 3.63) is 53.2 Å². The minimum Gasteiger partial charge on any atom is -0.478 e. The lowest BCUT2D eigenvalue weighted by Crippen LogP contribution is -2.07. The van der Waals surface area contributed by atoms with Gasteiger partial charge in [-0.05, 0) is 24.1 Å². The van der Waals surface area contributed by atoms with Crippen LogP contribution in [0, 0.1) is 6.92 Å². The van der Waals surface area contributed by atoms with Crippen molar-refractivity contribution < 1.29 is 9.90 Å². The Kier molecular flexibility index (Phi) is 3.66. The lowest BCUT2D eigenvalue weighted by Gasteiger charge is -2.10. The van der Waals surface area contributed by atoms with E-state index in [1.54, 1.807) is 0 Å². The summed E-state index contributed by atoms with van der Waals surface area (Å²) in [6.45, 7) is 2.62. The van der Waals surface area contributed by atoms with Gasteiger partial charge in [0.05, 0.1) is 11.3 Å². The van der Waals surface area contributed by atoms with Gasteiger partial charge in [-0.1, -0.05) is 24.3 Å². The molecule has 0 unspecified atom stereocenters. The first kappa shape index (κ1) is 12.9. The molecular weight excluding hydrogens is 242 g/mol. The maximum Gasteiger partial charge on any atom is 0.337 e. The molecular formula is C14H15N3O2. The number of carboxylic acid groups (broad SMARTS) is 1. The number of pyridine rings is 1. The summed E-state index contributed by atoms with van der Waals surface area (Å²) in [5.41, 5.74) is 8.50. The molecule has 0 aliphatic rings. The third-order valence-electron chi connectivity index (χ3n) is 2.87. The van der Waals surface area contributed by atoms with Crippen LogP contribution in [0.4, 0.5) is 11.5 Å². The quantitative estimate of drug-likeness (QED) is 0.782. The maximum absolute atomic E-state index is 10.8. The van der Waals surface area contributed by atoms with Gasteiger partial charge >= 0.3 is 5.97 Å². The van der Waals surface area contributed by atoms with Crippen molar-refractivity contribution in [2.24, 2.45) is 0 Å². The van der Waals surface area contributed by atoms with Crippen molar-refractivity contribution in [1.82, 2.24) is 4.98 Å². The Morgan fingerprint density at radius 1 is 1.42 bits per heavy atom. The number of rotatable bonds is 4. The number of hydrogen-bond donors (Lipinski definition) is 3. The van der Waals surface area contributed by atoms with Crippen molar-refractivity contribution in [1.29, 1.82) is 0 Å². The predicted molar refractivity (Wildman–Crippen MR) is 74.1 cm³/mol. The Labute approximate surface area is 111 Å². The van der Waals surface area contributed by atoms with Gasteiger partial charge in [-0.25, -0.2) is 9.78 Å². The molecule has 2 aromatic rings. The largest absolute Gasteiger partial charge is 0.478 e. The molecule has 5 heteroatoms. The number of carbonyl (C=O) groups is 1. The number of aromatic nitrogens is 1. The summed E-state index contributed by atoms with van der Waals surface area (Å²) in [5, 5.41) is 11.9. The molecule has 5 nitrogen and oxygen atoms in total. The van der Waals surface area contributed by atoms with Crippen LogP contribution in [0.5, 0.6) is 0 Å². The van der Waals surface area contributed by atoms with E-state index in [-0.39, 0.29) is 5.56 Å². The first-order chi connectivity index (χ1) is 9.08. The summed E-state index contributed by atoms with van der Waals surface area (Å²) in [5.74, 6) is -0.544. The number of anilines is 2. The summed E-state index contributed by atoms with van der Waals surface area (Å²) in [6.07, 6.45) is 1.29. The van der Waals surface area contributed by atoms with Crippen LogP contribution < -0.4 is 11.1 Å². The first-order valence-corrected chi connectivity index (χ1v) is 5.85. The van der Waals surface area contributed by atoms with Crippen LogP contribution in [0.1, 0.15) is 21.5 Å². The second-order valence-corrected chi connectivity index (χ2v) is 4.25. The van der Waals surface area contributed by atoms with Gasteiger partial charge in [-0.3, -0.25) is 0 Å². The fraction of sp³-hybridized carbons (Fsp3) is 0.143. The van der Waals surface area contributed by atoms with E-state index < -0.39 is 5.97 Å². The zero-order valence-electron chi connectivity index (χ0n) is 10.6. The van der Waals surface area contributed by atoms with Gasteiger partial charge in [0.15, 0.2) is 0 Å². The van der Waals surface area contributed by atoms with Crippen molar-refractivity contribution >= 4 is 17.5 Å². The molecule has 0 aliphatic carbocycles. The van der Waals surface area contributed by atoms with Gasteiger partial charge in [-0.15, -0.1) is 0 Å². The number of aryl methyl sites for hydroxylation is 1. The Hall–Kier alpha value is -2.56.